The van der Waals surface area contributed by atoms with Crippen LogP contribution in [0.3, 0.4) is 0 Å². The highest BCUT2D eigenvalue weighted by Gasteiger charge is 2.16. The quantitative estimate of drug-likeness (QED) is 0.789. The van der Waals surface area contributed by atoms with Crippen molar-refractivity contribution in [1.82, 2.24) is 4.98 Å². The van der Waals surface area contributed by atoms with Crippen LogP contribution in [0.25, 0.3) is 0 Å². The van der Waals surface area contributed by atoms with Gasteiger partial charge in [-0.25, -0.2) is 4.98 Å². The highest BCUT2D eigenvalue weighted by Crippen LogP contribution is 2.22. The Morgan fingerprint density at radius 1 is 1.47 bits per heavy atom. The smallest absolute Gasteiger partial charge is 0.213 e. The maximum Gasteiger partial charge on any atom is 0.213 e. The van der Waals surface area contributed by atoms with E-state index in [0.717, 1.165) is 11.4 Å². The Balaban J connectivity index is 2.25. The SMILES string of the molecule is COc1ccc2c(n1)COCC(OC)N2. The predicted molar refractivity (Wildman–Crippen MR) is 54.9 cm³/mol. The van der Waals surface area contributed by atoms with E-state index in [-0.39, 0.29) is 6.23 Å². The number of ether oxygens (including phenoxy) is 3. The minimum Gasteiger partial charge on any atom is -0.481 e. The normalized spacial score (nSPS) is 20.0. The largest absolute Gasteiger partial charge is 0.481 e. The fourth-order valence-electron chi connectivity index (χ4n) is 1.44. The van der Waals surface area contributed by atoms with Crippen LogP contribution in [-0.4, -0.2) is 32.0 Å². The summed E-state index contributed by atoms with van der Waals surface area (Å²) in [6.45, 7) is 0.981. The molecule has 1 aromatic rings. The molecule has 1 aromatic heterocycles. The summed E-state index contributed by atoms with van der Waals surface area (Å²) in [7, 11) is 3.24. The zero-order chi connectivity index (χ0) is 10.7. The minimum absolute atomic E-state index is 0.124. The molecule has 5 nitrogen and oxygen atoms in total. The van der Waals surface area contributed by atoms with Gasteiger partial charge in [0.15, 0.2) is 6.23 Å². The summed E-state index contributed by atoms with van der Waals surface area (Å²) in [6, 6.07) is 3.73. The van der Waals surface area contributed by atoms with Crippen molar-refractivity contribution in [2.75, 3.05) is 26.1 Å². The topological polar surface area (TPSA) is 52.6 Å². The van der Waals surface area contributed by atoms with Crippen molar-refractivity contribution in [3.63, 3.8) is 0 Å². The lowest BCUT2D eigenvalue weighted by molar-refractivity contribution is 0.0207. The third-order valence-corrected chi connectivity index (χ3v) is 2.27. The number of rotatable bonds is 2. The van der Waals surface area contributed by atoms with Crippen molar-refractivity contribution >= 4 is 5.69 Å². The van der Waals surface area contributed by atoms with Crippen LogP contribution in [0.2, 0.25) is 0 Å². The van der Waals surface area contributed by atoms with Crippen molar-refractivity contribution in [2.45, 2.75) is 12.8 Å². The molecule has 2 heterocycles. The summed E-state index contributed by atoms with van der Waals surface area (Å²) in [5.74, 6) is 0.593. The van der Waals surface area contributed by atoms with Gasteiger partial charge in [0.25, 0.3) is 0 Å². The van der Waals surface area contributed by atoms with Gasteiger partial charge in [0.1, 0.15) is 0 Å². The molecule has 0 saturated carbocycles. The second kappa shape index (κ2) is 4.46. The van der Waals surface area contributed by atoms with Gasteiger partial charge in [-0.3, -0.25) is 0 Å². The second-order valence-corrected chi connectivity index (χ2v) is 3.23. The van der Waals surface area contributed by atoms with Crippen LogP contribution in [0.5, 0.6) is 5.88 Å². The summed E-state index contributed by atoms with van der Waals surface area (Å²) in [5, 5.41) is 3.20. The van der Waals surface area contributed by atoms with Crippen molar-refractivity contribution in [2.24, 2.45) is 0 Å². The van der Waals surface area contributed by atoms with E-state index in [1.54, 1.807) is 14.2 Å². The van der Waals surface area contributed by atoms with E-state index in [0.29, 0.717) is 19.1 Å². The molecule has 0 radical (unpaired) electrons. The van der Waals surface area contributed by atoms with Gasteiger partial charge in [0.2, 0.25) is 5.88 Å². The van der Waals surface area contributed by atoms with Gasteiger partial charge in [-0.15, -0.1) is 0 Å². The third kappa shape index (κ3) is 2.19. The number of aromatic nitrogens is 1. The molecule has 1 aliphatic rings. The lowest BCUT2D eigenvalue weighted by Crippen LogP contribution is -2.25. The zero-order valence-electron chi connectivity index (χ0n) is 8.82. The Hall–Kier alpha value is -1.33. The second-order valence-electron chi connectivity index (χ2n) is 3.23. The molecule has 0 spiro atoms. The molecule has 1 aliphatic heterocycles. The van der Waals surface area contributed by atoms with Crippen LogP contribution < -0.4 is 10.1 Å². The molecule has 5 heteroatoms. The van der Waals surface area contributed by atoms with Gasteiger partial charge in [0.05, 0.1) is 31.7 Å². The molecule has 1 atom stereocenters. The van der Waals surface area contributed by atoms with E-state index in [1.807, 2.05) is 12.1 Å². The average Bonchev–Trinajstić information content (AvgIpc) is 2.49. The molecular weight excluding hydrogens is 196 g/mol. The number of nitrogens with one attached hydrogen (secondary N) is 1. The van der Waals surface area contributed by atoms with Gasteiger partial charge < -0.3 is 19.5 Å². The van der Waals surface area contributed by atoms with E-state index < -0.39 is 0 Å². The van der Waals surface area contributed by atoms with E-state index in [9.17, 15) is 0 Å². The zero-order valence-corrected chi connectivity index (χ0v) is 8.82. The van der Waals surface area contributed by atoms with E-state index in [1.165, 1.54) is 0 Å². The Morgan fingerprint density at radius 2 is 2.33 bits per heavy atom. The monoisotopic (exact) mass is 210 g/mol. The Bertz CT molecular complexity index is 343. The van der Waals surface area contributed by atoms with E-state index in [2.05, 4.69) is 10.3 Å². The van der Waals surface area contributed by atoms with Crippen molar-refractivity contribution in [3.8, 4) is 5.88 Å². The average molecular weight is 210 g/mol. The maximum atomic E-state index is 5.42. The van der Waals surface area contributed by atoms with Crippen LogP contribution in [0.1, 0.15) is 5.69 Å². The highest BCUT2D eigenvalue weighted by molar-refractivity contribution is 5.50. The van der Waals surface area contributed by atoms with E-state index >= 15 is 0 Å². The summed E-state index contributed by atoms with van der Waals surface area (Å²) in [4.78, 5) is 4.30. The fourth-order valence-corrected chi connectivity index (χ4v) is 1.44. The number of hydrogen-bond acceptors (Lipinski definition) is 5. The van der Waals surface area contributed by atoms with Crippen molar-refractivity contribution in [3.05, 3.63) is 17.8 Å². The molecule has 0 bridgehead atoms. The Labute approximate surface area is 88.4 Å². The number of fused-ring (bicyclic) bond motifs is 1. The molecule has 1 unspecified atom stereocenters. The highest BCUT2D eigenvalue weighted by atomic mass is 16.5. The fraction of sp³-hybridized carbons (Fsp3) is 0.500. The predicted octanol–water partition coefficient (Wildman–Crippen LogP) is 1.00. The molecule has 0 fully saturated rings. The molecule has 0 aliphatic carbocycles. The molecular formula is C10H14N2O3. The third-order valence-electron chi connectivity index (χ3n) is 2.27. The number of anilines is 1. The standard InChI is InChI=1S/C10H14N2O3/c1-13-9-4-3-7-8(12-9)5-15-6-10(11-7)14-2/h3-4,10-11H,5-6H2,1-2H3. The first-order valence-corrected chi connectivity index (χ1v) is 4.74. The number of methoxy groups -OCH3 is 2. The molecule has 0 aromatic carbocycles. The van der Waals surface area contributed by atoms with Crippen LogP contribution in [0.4, 0.5) is 5.69 Å². The maximum absolute atomic E-state index is 5.42. The first kappa shape index (κ1) is 10.2. The van der Waals surface area contributed by atoms with Gasteiger partial charge in [-0.2, -0.15) is 0 Å². The number of hydrogen-bond donors (Lipinski definition) is 1. The summed E-state index contributed by atoms with van der Waals surface area (Å²) < 4.78 is 15.7. The van der Waals surface area contributed by atoms with Crippen LogP contribution >= 0.6 is 0 Å². The van der Waals surface area contributed by atoms with Crippen LogP contribution in [0, 0.1) is 0 Å². The van der Waals surface area contributed by atoms with Crippen molar-refractivity contribution in [1.29, 1.82) is 0 Å². The number of pyridine rings is 1. The minimum atomic E-state index is -0.124. The molecule has 15 heavy (non-hydrogen) atoms. The van der Waals surface area contributed by atoms with Crippen LogP contribution in [0.15, 0.2) is 12.1 Å². The first-order chi connectivity index (χ1) is 7.33. The van der Waals surface area contributed by atoms with Crippen molar-refractivity contribution < 1.29 is 14.2 Å². The Morgan fingerprint density at radius 3 is 3.07 bits per heavy atom. The summed E-state index contributed by atoms with van der Waals surface area (Å²) >= 11 is 0. The molecule has 1 N–H and O–H groups in total. The van der Waals surface area contributed by atoms with Gasteiger partial charge in [-0.05, 0) is 6.07 Å². The summed E-state index contributed by atoms with van der Waals surface area (Å²) in [5.41, 5.74) is 1.77. The summed E-state index contributed by atoms with van der Waals surface area (Å²) in [6.07, 6.45) is -0.124. The first-order valence-electron chi connectivity index (χ1n) is 4.74. The van der Waals surface area contributed by atoms with Gasteiger partial charge in [-0.1, -0.05) is 0 Å². The molecule has 0 saturated heterocycles. The Kier molecular flexibility index (Phi) is 3.03. The number of nitrogens with zero attached hydrogens (tertiary/aromatic N) is 1. The lowest BCUT2D eigenvalue weighted by Gasteiger charge is -2.14. The molecule has 82 valence electrons. The van der Waals surface area contributed by atoms with Crippen LogP contribution in [-0.2, 0) is 16.1 Å². The van der Waals surface area contributed by atoms with Gasteiger partial charge in [0, 0.05) is 13.2 Å². The molecule has 0 amide bonds. The molecule has 2 rings (SSSR count). The lowest BCUT2D eigenvalue weighted by atomic mass is 10.3. The van der Waals surface area contributed by atoms with E-state index in [4.69, 9.17) is 14.2 Å². The van der Waals surface area contributed by atoms with Gasteiger partial charge >= 0.3 is 0 Å².